The first-order valence-corrected chi connectivity index (χ1v) is 6.15. The Morgan fingerprint density at radius 3 is 2.62 bits per heavy atom. The quantitative estimate of drug-likeness (QED) is 0.800. The molecule has 6 heteroatoms. The fourth-order valence-corrected chi connectivity index (χ4v) is 1.93. The van der Waals surface area contributed by atoms with Gasteiger partial charge >= 0.3 is 0 Å². The van der Waals surface area contributed by atoms with Crippen LogP contribution in [0.15, 0.2) is 47.0 Å². The Hall–Kier alpha value is -2.89. The molecule has 0 aliphatic carbocycles. The standard InChI is InChI=1S/C15H11FN2O3/c1-20-12-4-2-3-11(16)13(12)15-17-14(18-21-15)9-5-7-10(19)8-6-9/h2-8,19H,1H3. The molecule has 106 valence electrons. The first-order chi connectivity index (χ1) is 10.2. The Kier molecular flexibility index (Phi) is 3.27. The van der Waals surface area contributed by atoms with Crippen molar-refractivity contribution in [3.05, 3.63) is 48.3 Å². The van der Waals surface area contributed by atoms with Crippen molar-refractivity contribution in [1.29, 1.82) is 0 Å². The largest absolute Gasteiger partial charge is 0.508 e. The average Bonchev–Trinajstić information content (AvgIpc) is 2.97. The van der Waals surface area contributed by atoms with Gasteiger partial charge in [0.1, 0.15) is 22.9 Å². The number of methoxy groups -OCH3 is 1. The number of hydrogen-bond acceptors (Lipinski definition) is 5. The zero-order chi connectivity index (χ0) is 14.8. The molecule has 5 nitrogen and oxygen atoms in total. The third-order valence-corrected chi connectivity index (χ3v) is 2.96. The summed E-state index contributed by atoms with van der Waals surface area (Å²) in [5, 5.41) is 13.1. The summed E-state index contributed by atoms with van der Waals surface area (Å²) in [7, 11) is 1.44. The average molecular weight is 286 g/mol. The molecule has 1 heterocycles. The van der Waals surface area contributed by atoms with Crippen LogP contribution in [0.3, 0.4) is 0 Å². The molecule has 2 aromatic carbocycles. The van der Waals surface area contributed by atoms with Crippen LogP contribution >= 0.6 is 0 Å². The summed E-state index contributed by atoms with van der Waals surface area (Å²) >= 11 is 0. The van der Waals surface area contributed by atoms with Crippen molar-refractivity contribution in [3.8, 4) is 34.3 Å². The predicted octanol–water partition coefficient (Wildman–Crippen LogP) is 3.26. The van der Waals surface area contributed by atoms with E-state index in [1.165, 1.54) is 31.4 Å². The van der Waals surface area contributed by atoms with Crippen LogP contribution in [0.25, 0.3) is 22.8 Å². The number of benzene rings is 2. The number of rotatable bonds is 3. The van der Waals surface area contributed by atoms with Gasteiger partial charge in [0.2, 0.25) is 5.82 Å². The van der Waals surface area contributed by atoms with Crippen LogP contribution in [0.2, 0.25) is 0 Å². The van der Waals surface area contributed by atoms with Gasteiger partial charge in [-0.15, -0.1) is 0 Å². The van der Waals surface area contributed by atoms with E-state index in [-0.39, 0.29) is 17.2 Å². The van der Waals surface area contributed by atoms with Gasteiger partial charge in [0.05, 0.1) is 7.11 Å². The maximum atomic E-state index is 13.9. The number of aromatic hydroxyl groups is 1. The predicted molar refractivity (Wildman–Crippen MR) is 73.3 cm³/mol. The minimum atomic E-state index is -0.504. The van der Waals surface area contributed by atoms with Crippen molar-refractivity contribution in [2.24, 2.45) is 0 Å². The van der Waals surface area contributed by atoms with Crippen LogP contribution in [0.5, 0.6) is 11.5 Å². The number of phenolic OH excluding ortho intramolecular Hbond substituents is 1. The summed E-state index contributed by atoms with van der Waals surface area (Å²) in [4.78, 5) is 4.17. The second kappa shape index (κ2) is 5.24. The Morgan fingerprint density at radius 2 is 1.90 bits per heavy atom. The first-order valence-electron chi connectivity index (χ1n) is 6.15. The van der Waals surface area contributed by atoms with E-state index < -0.39 is 5.82 Å². The Labute approximate surface area is 119 Å². The lowest BCUT2D eigenvalue weighted by atomic mass is 10.2. The topological polar surface area (TPSA) is 68.4 Å². The third-order valence-electron chi connectivity index (χ3n) is 2.96. The molecule has 0 saturated carbocycles. The van der Waals surface area contributed by atoms with Gasteiger partial charge in [-0.25, -0.2) is 4.39 Å². The SMILES string of the molecule is COc1cccc(F)c1-c1nc(-c2ccc(O)cc2)no1. The van der Waals surface area contributed by atoms with Crippen molar-refractivity contribution in [1.82, 2.24) is 10.1 Å². The maximum absolute atomic E-state index is 13.9. The molecular formula is C15H11FN2O3. The van der Waals surface area contributed by atoms with E-state index in [0.717, 1.165) is 0 Å². The third kappa shape index (κ3) is 2.43. The summed E-state index contributed by atoms with van der Waals surface area (Å²) in [6.07, 6.45) is 0. The fourth-order valence-electron chi connectivity index (χ4n) is 1.93. The molecule has 0 spiro atoms. The maximum Gasteiger partial charge on any atom is 0.265 e. The molecule has 1 aromatic heterocycles. The summed E-state index contributed by atoms with van der Waals surface area (Å²) in [5.41, 5.74) is 0.774. The van der Waals surface area contributed by atoms with Crippen molar-refractivity contribution in [2.45, 2.75) is 0 Å². The summed E-state index contributed by atoms with van der Waals surface area (Å²) in [5.74, 6) is 0.285. The molecule has 3 aromatic rings. The van der Waals surface area contributed by atoms with Crippen LogP contribution in [0, 0.1) is 5.82 Å². The monoisotopic (exact) mass is 286 g/mol. The molecule has 0 bridgehead atoms. The number of hydrogen-bond donors (Lipinski definition) is 1. The first kappa shape index (κ1) is 13.1. The van der Waals surface area contributed by atoms with Gasteiger partial charge in [0.25, 0.3) is 5.89 Å². The molecule has 0 aliphatic heterocycles. The van der Waals surface area contributed by atoms with Gasteiger partial charge in [0, 0.05) is 5.56 Å². The second-order valence-corrected chi connectivity index (χ2v) is 4.29. The fraction of sp³-hybridized carbons (Fsp3) is 0.0667. The minimum absolute atomic E-state index is 0.0352. The number of ether oxygens (including phenoxy) is 1. The van der Waals surface area contributed by atoms with Crippen LogP contribution in [0.4, 0.5) is 4.39 Å². The van der Waals surface area contributed by atoms with Crippen molar-refractivity contribution in [2.75, 3.05) is 7.11 Å². The highest BCUT2D eigenvalue weighted by atomic mass is 19.1. The number of phenols is 1. The summed E-state index contributed by atoms with van der Waals surface area (Å²) in [6.45, 7) is 0. The van der Waals surface area contributed by atoms with Gasteiger partial charge in [-0.2, -0.15) is 4.98 Å². The van der Waals surface area contributed by atoms with Gasteiger partial charge < -0.3 is 14.4 Å². The Bertz CT molecular complexity index is 769. The Balaban J connectivity index is 2.05. The highest BCUT2D eigenvalue weighted by Crippen LogP contribution is 2.32. The summed E-state index contributed by atoms with van der Waals surface area (Å²) in [6, 6.07) is 10.7. The highest BCUT2D eigenvalue weighted by Gasteiger charge is 2.18. The van der Waals surface area contributed by atoms with Crippen LogP contribution < -0.4 is 4.74 Å². The van der Waals surface area contributed by atoms with Crippen molar-refractivity contribution < 1.29 is 18.8 Å². The van der Waals surface area contributed by atoms with E-state index in [9.17, 15) is 9.50 Å². The molecule has 0 fully saturated rings. The molecule has 0 radical (unpaired) electrons. The molecule has 3 rings (SSSR count). The number of halogens is 1. The molecule has 0 amide bonds. The van der Waals surface area contributed by atoms with E-state index in [4.69, 9.17) is 9.26 Å². The lowest BCUT2D eigenvalue weighted by molar-refractivity contribution is 0.401. The molecule has 0 aliphatic rings. The van der Waals surface area contributed by atoms with E-state index in [2.05, 4.69) is 10.1 Å². The van der Waals surface area contributed by atoms with Crippen molar-refractivity contribution in [3.63, 3.8) is 0 Å². The minimum Gasteiger partial charge on any atom is -0.508 e. The van der Waals surface area contributed by atoms with E-state index >= 15 is 0 Å². The second-order valence-electron chi connectivity index (χ2n) is 4.29. The smallest absolute Gasteiger partial charge is 0.265 e. The molecule has 0 unspecified atom stereocenters. The molecule has 0 atom stereocenters. The van der Waals surface area contributed by atoms with Crippen LogP contribution in [-0.4, -0.2) is 22.4 Å². The summed E-state index contributed by atoms with van der Waals surface area (Å²) < 4.78 is 24.2. The zero-order valence-electron chi connectivity index (χ0n) is 11.1. The molecule has 21 heavy (non-hydrogen) atoms. The lowest BCUT2D eigenvalue weighted by Gasteiger charge is -2.04. The van der Waals surface area contributed by atoms with Crippen LogP contribution in [-0.2, 0) is 0 Å². The van der Waals surface area contributed by atoms with Gasteiger partial charge in [-0.1, -0.05) is 11.2 Å². The Morgan fingerprint density at radius 1 is 1.14 bits per heavy atom. The zero-order valence-corrected chi connectivity index (χ0v) is 11.1. The number of nitrogens with zero attached hydrogens (tertiary/aromatic N) is 2. The molecule has 1 N–H and O–H groups in total. The lowest BCUT2D eigenvalue weighted by Crippen LogP contribution is -1.91. The van der Waals surface area contributed by atoms with Crippen molar-refractivity contribution >= 4 is 0 Å². The normalized spacial score (nSPS) is 10.6. The number of aromatic nitrogens is 2. The van der Waals surface area contributed by atoms with Crippen LogP contribution in [0.1, 0.15) is 0 Å². The highest BCUT2D eigenvalue weighted by molar-refractivity contribution is 5.66. The molecule has 0 saturated heterocycles. The van der Waals surface area contributed by atoms with E-state index in [1.54, 1.807) is 18.2 Å². The van der Waals surface area contributed by atoms with E-state index in [0.29, 0.717) is 17.1 Å². The van der Waals surface area contributed by atoms with Gasteiger partial charge in [-0.3, -0.25) is 0 Å². The van der Waals surface area contributed by atoms with Gasteiger partial charge in [0.15, 0.2) is 0 Å². The van der Waals surface area contributed by atoms with E-state index in [1.807, 2.05) is 0 Å². The molecular weight excluding hydrogens is 275 g/mol. The van der Waals surface area contributed by atoms with Gasteiger partial charge in [-0.05, 0) is 36.4 Å².